The second-order valence-electron chi connectivity index (χ2n) is 5.52. The lowest BCUT2D eigenvalue weighted by molar-refractivity contribution is 0.440. The van der Waals surface area contributed by atoms with Crippen LogP contribution < -0.4 is 0 Å². The first-order valence-corrected chi connectivity index (χ1v) is 6.88. The first-order chi connectivity index (χ1) is 9.40. The van der Waals surface area contributed by atoms with Crippen molar-refractivity contribution < 1.29 is 0 Å². The van der Waals surface area contributed by atoms with Gasteiger partial charge in [0.1, 0.15) is 0 Å². The summed E-state index contributed by atoms with van der Waals surface area (Å²) in [5.41, 5.74) is 7.47. The molecule has 0 unspecified atom stereocenters. The van der Waals surface area contributed by atoms with E-state index < -0.39 is 0 Å². The third kappa shape index (κ3) is 2.77. The second kappa shape index (κ2) is 5.53. The Morgan fingerprint density at radius 1 is 1.00 bits per heavy atom. The van der Waals surface area contributed by atoms with Gasteiger partial charge >= 0.3 is 0 Å². The van der Waals surface area contributed by atoms with Crippen molar-refractivity contribution >= 4 is 6.21 Å². The van der Waals surface area contributed by atoms with E-state index in [4.69, 9.17) is 0 Å². The highest BCUT2D eigenvalue weighted by molar-refractivity contribution is 5.82. The summed E-state index contributed by atoms with van der Waals surface area (Å²) >= 11 is 0. The summed E-state index contributed by atoms with van der Waals surface area (Å²) in [6, 6.07) is 8.77. The molecule has 0 radical (unpaired) electrons. The number of nitrogens with zero attached hydrogens (tertiary/aromatic N) is 3. The van der Waals surface area contributed by atoms with Gasteiger partial charge in [0.05, 0.1) is 6.21 Å². The smallest absolute Gasteiger partial charge is 0.0560 e. The zero-order valence-corrected chi connectivity index (χ0v) is 13.2. The lowest BCUT2D eigenvalue weighted by Gasteiger charge is -2.11. The van der Waals surface area contributed by atoms with E-state index in [-0.39, 0.29) is 0 Å². The third-order valence-electron chi connectivity index (χ3n) is 3.65. The first-order valence-electron chi connectivity index (χ1n) is 6.88. The van der Waals surface area contributed by atoms with Crippen LogP contribution in [0.15, 0.2) is 29.4 Å². The summed E-state index contributed by atoms with van der Waals surface area (Å²) in [6.07, 6.45) is 1.92. The molecule has 3 heteroatoms. The summed E-state index contributed by atoms with van der Waals surface area (Å²) in [7, 11) is 3.86. The van der Waals surface area contributed by atoms with Crippen molar-refractivity contribution in [2.24, 2.45) is 5.10 Å². The maximum Gasteiger partial charge on any atom is 0.0560 e. The van der Waals surface area contributed by atoms with E-state index in [1.807, 2.05) is 25.3 Å². The molecule has 2 rings (SSSR count). The largest absolute Gasteiger partial charge is 0.318 e. The molecule has 0 amide bonds. The lowest BCUT2D eigenvalue weighted by Crippen LogP contribution is -2.03. The maximum absolute atomic E-state index is 4.33. The van der Waals surface area contributed by atoms with Gasteiger partial charge in [-0.2, -0.15) is 5.10 Å². The molecule has 0 atom stereocenters. The Labute approximate surface area is 121 Å². The molecule has 0 saturated heterocycles. The molecular formula is C17H23N3. The van der Waals surface area contributed by atoms with Crippen molar-refractivity contribution in [1.82, 2.24) is 9.58 Å². The molecule has 0 spiro atoms. The number of benzene rings is 1. The summed E-state index contributed by atoms with van der Waals surface area (Å²) in [5.74, 6) is 0. The zero-order valence-electron chi connectivity index (χ0n) is 13.2. The van der Waals surface area contributed by atoms with Gasteiger partial charge in [0.25, 0.3) is 0 Å². The van der Waals surface area contributed by atoms with Gasteiger partial charge in [-0.25, -0.2) is 0 Å². The van der Waals surface area contributed by atoms with E-state index in [1.54, 1.807) is 0 Å². The predicted molar refractivity (Wildman–Crippen MR) is 86.0 cm³/mol. The van der Waals surface area contributed by atoms with Crippen molar-refractivity contribution in [3.63, 3.8) is 0 Å². The predicted octanol–water partition coefficient (Wildman–Crippen LogP) is 3.61. The molecule has 1 aromatic carbocycles. The van der Waals surface area contributed by atoms with Crippen molar-refractivity contribution in [3.05, 3.63) is 52.3 Å². The van der Waals surface area contributed by atoms with Crippen molar-refractivity contribution in [2.75, 3.05) is 14.1 Å². The van der Waals surface area contributed by atoms with Crippen molar-refractivity contribution in [1.29, 1.82) is 0 Å². The Kier molecular flexibility index (Phi) is 3.98. The fourth-order valence-corrected chi connectivity index (χ4v) is 2.36. The van der Waals surface area contributed by atoms with Crippen LogP contribution in [0.25, 0.3) is 5.69 Å². The molecule has 0 saturated carbocycles. The van der Waals surface area contributed by atoms with Gasteiger partial charge in [-0.3, -0.25) is 0 Å². The normalized spacial score (nSPS) is 11.3. The average molecular weight is 269 g/mol. The monoisotopic (exact) mass is 269 g/mol. The Morgan fingerprint density at radius 3 is 2.30 bits per heavy atom. The van der Waals surface area contributed by atoms with Gasteiger partial charge in [-0.15, -0.1) is 0 Å². The molecule has 0 fully saturated rings. The Bertz CT molecular complexity index is 648. The van der Waals surface area contributed by atoms with Crippen molar-refractivity contribution in [3.8, 4) is 5.69 Å². The van der Waals surface area contributed by atoms with Crippen LogP contribution in [0.2, 0.25) is 0 Å². The molecule has 106 valence electrons. The molecule has 1 heterocycles. The molecule has 0 aliphatic heterocycles. The lowest BCUT2D eigenvalue weighted by atomic mass is 10.1. The Hall–Kier alpha value is -2.03. The minimum absolute atomic E-state index is 1.16. The van der Waals surface area contributed by atoms with Crippen LogP contribution in [-0.4, -0.2) is 29.9 Å². The highest BCUT2D eigenvalue weighted by Gasteiger charge is 2.10. The fraction of sp³-hybridized carbons (Fsp3) is 0.353. The van der Waals surface area contributed by atoms with Gasteiger partial charge in [-0.05, 0) is 57.0 Å². The SMILES string of the molecule is Cc1ccc(-n2c(C)cc(/C=N/N(C)C)c2C)cc1C. The van der Waals surface area contributed by atoms with E-state index in [9.17, 15) is 0 Å². The number of aromatic nitrogens is 1. The van der Waals surface area contributed by atoms with Crippen molar-refractivity contribution in [2.45, 2.75) is 27.7 Å². The number of rotatable bonds is 3. The molecule has 0 N–H and O–H groups in total. The van der Waals surface area contributed by atoms with Crippen LogP contribution in [0.5, 0.6) is 0 Å². The third-order valence-corrected chi connectivity index (χ3v) is 3.65. The minimum atomic E-state index is 1.16. The minimum Gasteiger partial charge on any atom is -0.318 e. The van der Waals surface area contributed by atoms with Crippen LogP contribution in [-0.2, 0) is 0 Å². The molecule has 0 aliphatic carbocycles. The summed E-state index contributed by atoms with van der Waals surface area (Å²) in [5, 5.41) is 6.14. The fourth-order valence-electron chi connectivity index (χ4n) is 2.36. The molecule has 0 aliphatic rings. The van der Waals surface area contributed by atoms with E-state index in [0.717, 1.165) is 5.56 Å². The molecule has 20 heavy (non-hydrogen) atoms. The number of hydrazone groups is 1. The topological polar surface area (TPSA) is 20.5 Å². The molecule has 2 aromatic rings. The van der Waals surface area contributed by atoms with Crippen LogP contribution in [0, 0.1) is 27.7 Å². The second-order valence-corrected chi connectivity index (χ2v) is 5.52. The molecular weight excluding hydrogens is 246 g/mol. The average Bonchev–Trinajstić information content (AvgIpc) is 2.65. The molecule has 0 bridgehead atoms. The Morgan fingerprint density at radius 2 is 1.70 bits per heavy atom. The summed E-state index contributed by atoms with van der Waals surface area (Å²) in [4.78, 5) is 0. The highest BCUT2D eigenvalue weighted by Crippen LogP contribution is 2.21. The Balaban J connectivity index is 2.49. The zero-order chi connectivity index (χ0) is 14.9. The van der Waals surface area contributed by atoms with Gasteiger partial charge in [0.2, 0.25) is 0 Å². The quantitative estimate of drug-likeness (QED) is 0.616. The number of aryl methyl sites for hydroxylation is 3. The summed E-state index contributed by atoms with van der Waals surface area (Å²) < 4.78 is 2.28. The molecule has 3 nitrogen and oxygen atoms in total. The van der Waals surface area contributed by atoms with Gasteiger partial charge in [0, 0.05) is 36.7 Å². The molecule has 1 aromatic heterocycles. The maximum atomic E-state index is 4.33. The van der Waals surface area contributed by atoms with E-state index >= 15 is 0 Å². The van der Waals surface area contributed by atoms with Crippen LogP contribution in [0.3, 0.4) is 0 Å². The van der Waals surface area contributed by atoms with Crippen LogP contribution >= 0.6 is 0 Å². The van der Waals surface area contributed by atoms with E-state index in [2.05, 4.69) is 61.6 Å². The number of hydrogen-bond acceptors (Lipinski definition) is 2. The summed E-state index contributed by atoms with van der Waals surface area (Å²) in [6.45, 7) is 8.57. The van der Waals surface area contributed by atoms with Gasteiger partial charge < -0.3 is 9.58 Å². The van der Waals surface area contributed by atoms with Crippen LogP contribution in [0.1, 0.15) is 28.1 Å². The standard InChI is InChI=1S/C17H23N3/c1-12-7-8-17(9-13(12)2)20-14(3)10-16(15(20)4)11-18-19(5)6/h7-11H,1-6H3/b18-11+. The van der Waals surface area contributed by atoms with Crippen LogP contribution in [0.4, 0.5) is 0 Å². The highest BCUT2D eigenvalue weighted by atomic mass is 15.4. The van der Waals surface area contributed by atoms with E-state index in [1.165, 1.54) is 28.2 Å². The van der Waals surface area contributed by atoms with E-state index in [0.29, 0.717) is 0 Å². The first kappa shape index (κ1) is 14.4. The van der Waals surface area contributed by atoms with Gasteiger partial charge in [-0.1, -0.05) is 6.07 Å². The van der Waals surface area contributed by atoms with Gasteiger partial charge in [0.15, 0.2) is 0 Å². The number of hydrogen-bond donors (Lipinski definition) is 0.